The molecule has 2 aliphatic heterocycles. The van der Waals surface area contributed by atoms with Crippen molar-refractivity contribution in [2.45, 2.75) is 44.8 Å². The van der Waals surface area contributed by atoms with Crippen LogP contribution in [0, 0.1) is 0 Å². The first-order chi connectivity index (χ1) is 12.1. The molecule has 3 heterocycles. The number of para-hydroxylation sites is 1. The molecule has 25 heavy (non-hydrogen) atoms. The fraction of sp³-hybridized carbons (Fsp3) is 0.450. The number of benzene rings is 1. The molecular weight excluding hydrogens is 314 g/mol. The fourth-order valence-electron chi connectivity index (χ4n) is 3.95. The van der Waals surface area contributed by atoms with Gasteiger partial charge in [-0.1, -0.05) is 18.2 Å². The summed E-state index contributed by atoms with van der Waals surface area (Å²) in [5, 5.41) is 0. The first-order valence-electron chi connectivity index (χ1n) is 9.09. The van der Waals surface area contributed by atoms with Gasteiger partial charge >= 0.3 is 0 Å². The number of hydrogen-bond donors (Lipinski definition) is 1. The Kier molecular flexibility index (Phi) is 4.25. The van der Waals surface area contributed by atoms with Crippen LogP contribution in [0.15, 0.2) is 41.0 Å². The summed E-state index contributed by atoms with van der Waals surface area (Å²) >= 11 is 0. The quantitative estimate of drug-likeness (QED) is 0.934. The van der Waals surface area contributed by atoms with Crippen molar-refractivity contribution in [3.63, 3.8) is 0 Å². The number of piperidine rings is 1. The monoisotopic (exact) mass is 339 g/mol. The number of rotatable bonds is 3. The third-order valence-electron chi connectivity index (χ3n) is 5.46. The number of nitrogens with zero attached hydrogens (tertiary/aromatic N) is 2. The van der Waals surface area contributed by atoms with Crippen LogP contribution in [0.25, 0.3) is 0 Å². The van der Waals surface area contributed by atoms with Gasteiger partial charge in [-0.25, -0.2) is 0 Å². The lowest BCUT2D eigenvalue weighted by atomic mass is 10.1. The lowest BCUT2D eigenvalue weighted by Gasteiger charge is -2.30. The maximum Gasteiger partial charge on any atom is 0.289 e. The number of amides is 1. The highest BCUT2D eigenvalue weighted by Crippen LogP contribution is 2.33. The Bertz CT molecular complexity index is 762. The fourth-order valence-corrected chi connectivity index (χ4v) is 3.95. The zero-order valence-electron chi connectivity index (χ0n) is 14.6. The second kappa shape index (κ2) is 6.56. The summed E-state index contributed by atoms with van der Waals surface area (Å²) in [6, 6.07) is 11.1. The standard InChI is InChI=1S/C20H25N3O2/c1-14-12-15-4-2-3-5-18(15)23(14)13-16-8-11-25-19(16)20(24)22-9-6-17(21)7-10-22/h2-5,8,11,14,17H,6-7,9-10,12-13,21H2,1H3/t14-/m0/s1. The molecule has 1 aromatic carbocycles. The predicted molar refractivity (Wildman–Crippen MR) is 97.6 cm³/mol. The van der Waals surface area contributed by atoms with Crippen LogP contribution in [-0.4, -0.2) is 36.0 Å². The van der Waals surface area contributed by atoms with E-state index < -0.39 is 0 Å². The van der Waals surface area contributed by atoms with Crippen molar-refractivity contribution < 1.29 is 9.21 Å². The Morgan fingerprint density at radius 1 is 1.24 bits per heavy atom. The molecule has 5 heteroatoms. The third-order valence-corrected chi connectivity index (χ3v) is 5.46. The highest BCUT2D eigenvalue weighted by molar-refractivity contribution is 5.93. The van der Waals surface area contributed by atoms with Crippen molar-refractivity contribution >= 4 is 11.6 Å². The molecule has 132 valence electrons. The lowest BCUT2D eigenvalue weighted by Crippen LogP contribution is -2.43. The van der Waals surface area contributed by atoms with Crippen molar-refractivity contribution in [3.05, 3.63) is 53.5 Å². The number of furan rings is 1. The molecule has 1 aromatic heterocycles. The second-order valence-corrected chi connectivity index (χ2v) is 7.21. The van der Waals surface area contributed by atoms with Gasteiger partial charge in [-0.2, -0.15) is 0 Å². The van der Waals surface area contributed by atoms with Gasteiger partial charge in [0.25, 0.3) is 5.91 Å². The number of carbonyl (C=O) groups is 1. The number of hydrogen-bond acceptors (Lipinski definition) is 4. The van der Waals surface area contributed by atoms with Gasteiger partial charge in [-0.3, -0.25) is 4.79 Å². The molecule has 0 unspecified atom stereocenters. The predicted octanol–water partition coefficient (Wildman–Crippen LogP) is 2.79. The highest BCUT2D eigenvalue weighted by atomic mass is 16.3. The van der Waals surface area contributed by atoms with Crippen LogP contribution in [0.3, 0.4) is 0 Å². The molecule has 0 saturated carbocycles. The van der Waals surface area contributed by atoms with Gasteiger partial charge in [-0.15, -0.1) is 0 Å². The average molecular weight is 339 g/mol. The molecule has 0 aliphatic carbocycles. The van der Waals surface area contributed by atoms with Gasteiger partial charge in [0.05, 0.1) is 6.26 Å². The Balaban J connectivity index is 1.53. The Labute approximate surface area is 148 Å². The zero-order chi connectivity index (χ0) is 17.4. The normalized spacial score (nSPS) is 20.8. The van der Waals surface area contributed by atoms with E-state index in [1.54, 1.807) is 6.26 Å². The molecule has 1 amide bonds. The molecule has 0 bridgehead atoms. The number of fused-ring (bicyclic) bond motifs is 1. The minimum Gasteiger partial charge on any atom is -0.459 e. The van der Waals surface area contributed by atoms with Gasteiger partial charge in [0.1, 0.15) is 0 Å². The Hall–Kier alpha value is -2.27. The Morgan fingerprint density at radius 3 is 2.80 bits per heavy atom. The van der Waals surface area contributed by atoms with Crippen LogP contribution in [-0.2, 0) is 13.0 Å². The van der Waals surface area contributed by atoms with Crippen LogP contribution >= 0.6 is 0 Å². The molecule has 1 fully saturated rings. The molecule has 1 atom stereocenters. The number of carbonyl (C=O) groups excluding carboxylic acids is 1. The van der Waals surface area contributed by atoms with E-state index in [1.807, 2.05) is 11.0 Å². The van der Waals surface area contributed by atoms with E-state index in [0.29, 0.717) is 31.4 Å². The summed E-state index contributed by atoms with van der Waals surface area (Å²) in [6.07, 6.45) is 4.39. The molecular formula is C20H25N3O2. The molecule has 2 aliphatic rings. The van der Waals surface area contributed by atoms with Crippen LogP contribution in [0.4, 0.5) is 5.69 Å². The summed E-state index contributed by atoms with van der Waals surface area (Å²) in [7, 11) is 0. The number of anilines is 1. The first kappa shape index (κ1) is 16.2. The molecule has 2 aromatic rings. The van der Waals surface area contributed by atoms with Gasteiger partial charge in [0.15, 0.2) is 5.76 Å². The summed E-state index contributed by atoms with van der Waals surface area (Å²) in [6.45, 7) is 4.35. The molecule has 0 radical (unpaired) electrons. The summed E-state index contributed by atoms with van der Waals surface area (Å²) in [4.78, 5) is 17.1. The van der Waals surface area contributed by atoms with E-state index in [4.69, 9.17) is 10.2 Å². The van der Waals surface area contributed by atoms with Gasteiger partial charge in [0, 0.05) is 43.0 Å². The largest absolute Gasteiger partial charge is 0.459 e. The molecule has 0 spiro atoms. The smallest absolute Gasteiger partial charge is 0.289 e. The van der Waals surface area contributed by atoms with Crippen molar-refractivity contribution in [1.29, 1.82) is 0 Å². The van der Waals surface area contributed by atoms with Gasteiger partial charge in [0.2, 0.25) is 0 Å². The average Bonchev–Trinajstić information content (AvgIpc) is 3.20. The summed E-state index contributed by atoms with van der Waals surface area (Å²) in [5.41, 5.74) is 9.54. The molecule has 5 nitrogen and oxygen atoms in total. The number of nitrogens with two attached hydrogens (primary N) is 1. The van der Waals surface area contributed by atoms with Crippen LogP contribution in [0.2, 0.25) is 0 Å². The molecule has 2 N–H and O–H groups in total. The SMILES string of the molecule is C[C@H]1Cc2ccccc2N1Cc1ccoc1C(=O)N1CCC(N)CC1. The van der Waals surface area contributed by atoms with E-state index in [0.717, 1.165) is 24.8 Å². The van der Waals surface area contributed by atoms with E-state index in [2.05, 4.69) is 36.1 Å². The second-order valence-electron chi connectivity index (χ2n) is 7.21. The van der Waals surface area contributed by atoms with Gasteiger partial charge in [-0.05, 0) is 43.9 Å². The first-order valence-corrected chi connectivity index (χ1v) is 9.09. The topological polar surface area (TPSA) is 62.7 Å². The zero-order valence-corrected chi connectivity index (χ0v) is 14.6. The van der Waals surface area contributed by atoms with E-state index >= 15 is 0 Å². The van der Waals surface area contributed by atoms with Crippen LogP contribution in [0.1, 0.15) is 41.4 Å². The van der Waals surface area contributed by atoms with Crippen LogP contribution in [0.5, 0.6) is 0 Å². The maximum absolute atomic E-state index is 12.9. The maximum atomic E-state index is 12.9. The number of likely N-dealkylation sites (tertiary alicyclic amines) is 1. The van der Waals surface area contributed by atoms with Crippen molar-refractivity contribution in [1.82, 2.24) is 4.90 Å². The lowest BCUT2D eigenvalue weighted by molar-refractivity contribution is 0.0681. The highest BCUT2D eigenvalue weighted by Gasteiger charge is 2.30. The minimum absolute atomic E-state index is 0.00737. The van der Waals surface area contributed by atoms with E-state index in [9.17, 15) is 4.79 Å². The van der Waals surface area contributed by atoms with Crippen molar-refractivity contribution in [2.75, 3.05) is 18.0 Å². The Morgan fingerprint density at radius 2 is 2.00 bits per heavy atom. The van der Waals surface area contributed by atoms with Crippen molar-refractivity contribution in [2.24, 2.45) is 5.73 Å². The summed E-state index contributed by atoms with van der Waals surface area (Å²) in [5.74, 6) is 0.471. The van der Waals surface area contributed by atoms with Crippen LogP contribution < -0.4 is 10.6 Å². The van der Waals surface area contributed by atoms with E-state index in [1.165, 1.54) is 11.3 Å². The van der Waals surface area contributed by atoms with Crippen molar-refractivity contribution in [3.8, 4) is 0 Å². The molecule has 1 saturated heterocycles. The minimum atomic E-state index is -0.00737. The summed E-state index contributed by atoms with van der Waals surface area (Å²) < 4.78 is 5.59. The molecule has 4 rings (SSSR count). The van der Waals surface area contributed by atoms with E-state index in [-0.39, 0.29) is 11.9 Å². The third kappa shape index (κ3) is 3.04. The van der Waals surface area contributed by atoms with Gasteiger partial charge < -0.3 is 20.0 Å².